The molecule has 1 fully saturated rings. The van der Waals surface area contributed by atoms with E-state index in [0.717, 1.165) is 26.1 Å². The van der Waals surface area contributed by atoms with E-state index in [9.17, 15) is 4.79 Å². The maximum atomic E-state index is 12.1. The number of nitrogens with two attached hydrogens (primary N) is 1. The quantitative estimate of drug-likeness (QED) is 0.851. The highest BCUT2D eigenvalue weighted by Crippen LogP contribution is 2.16. The third-order valence-corrected chi connectivity index (χ3v) is 3.49. The molecule has 1 aliphatic heterocycles. The monoisotopic (exact) mass is 247 g/mol. The molecule has 1 amide bonds. The fourth-order valence-electron chi connectivity index (χ4n) is 2.43. The topological polar surface area (TPSA) is 49.6 Å². The molecular weight excluding hydrogens is 226 g/mol. The summed E-state index contributed by atoms with van der Waals surface area (Å²) in [4.78, 5) is 16.2. The fourth-order valence-corrected chi connectivity index (χ4v) is 2.43. The van der Waals surface area contributed by atoms with Crippen LogP contribution < -0.4 is 5.73 Å². The summed E-state index contributed by atoms with van der Waals surface area (Å²) < 4.78 is 0. The van der Waals surface area contributed by atoms with E-state index < -0.39 is 0 Å². The largest absolute Gasteiger partial charge is 0.343 e. The highest BCUT2D eigenvalue weighted by molar-refractivity contribution is 5.82. The van der Waals surface area contributed by atoms with E-state index in [1.54, 1.807) is 0 Å². The van der Waals surface area contributed by atoms with E-state index in [4.69, 9.17) is 5.73 Å². The van der Waals surface area contributed by atoms with Gasteiger partial charge >= 0.3 is 0 Å². The summed E-state index contributed by atoms with van der Waals surface area (Å²) in [5, 5.41) is 0. The van der Waals surface area contributed by atoms with Crippen LogP contribution in [0.4, 0.5) is 0 Å². The van der Waals surface area contributed by atoms with E-state index >= 15 is 0 Å². The molecule has 4 heteroatoms. The summed E-state index contributed by atoms with van der Waals surface area (Å²) in [6.07, 6.45) is 0.732. The van der Waals surface area contributed by atoms with E-state index in [1.165, 1.54) is 5.56 Å². The molecule has 0 aromatic heterocycles. The van der Waals surface area contributed by atoms with Crippen molar-refractivity contribution >= 4 is 5.91 Å². The first kappa shape index (κ1) is 13.1. The SMILES string of the molecule is CN1CCN(Cc2ccccc2)C(CCN)C1=O. The lowest BCUT2D eigenvalue weighted by atomic mass is 10.1. The van der Waals surface area contributed by atoms with Gasteiger partial charge in [-0.3, -0.25) is 9.69 Å². The van der Waals surface area contributed by atoms with Crippen LogP contribution in [0.25, 0.3) is 0 Å². The van der Waals surface area contributed by atoms with Crippen molar-refractivity contribution in [2.75, 3.05) is 26.7 Å². The zero-order chi connectivity index (χ0) is 13.0. The van der Waals surface area contributed by atoms with Crippen LogP contribution in [-0.2, 0) is 11.3 Å². The van der Waals surface area contributed by atoms with E-state index in [-0.39, 0.29) is 11.9 Å². The third kappa shape index (κ3) is 2.89. The molecular formula is C14H21N3O. The van der Waals surface area contributed by atoms with Crippen LogP contribution in [0.2, 0.25) is 0 Å². The molecule has 1 unspecified atom stereocenters. The summed E-state index contributed by atoms with van der Waals surface area (Å²) in [6, 6.07) is 10.2. The molecule has 1 atom stereocenters. The van der Waals surface area contributed by atoms with Crippen molar-refractivity contribution in [3.63, 3.8) is 0 Å². The molecule has 0 aliphatic carbocycles. The van der Waals surface area contributed by atoms with Crippen molar-refractivity contribution in [3.8, 4) is 0 Å². The smallest absolute Gasteiger partial charge is 0.239 e. The van der Waals surface area contributed by atoms with Crippen LogP contribution in [0.3, 0.4) is 0 Å². The van der Waals surface area contributed by atoms with Crippen molar-refractivity contribution < 1.29 is 4.79 Å². The Kier molecular flexibility index (Phi) is 4.33. The van der Waals surface area contributed by atoms with Gasteiger partial charge in [-0.15, -0.1) is 0 Å². The van der Waals surface area contributed by atoms with Crippen molar-refractivity contribution in [1.29, 1.82) is 0 Å². The molecule has 0 spiro atoms. The normalized spacial score (nSPS) is 21.3. The molecule has 2 rings (SSSR count). The molecule has 2 N–H and O–H groups in total. The van der Waals surface area contributed by atoms with Crippen LogP contribution in [0.5, 0.6) is 0 Å². The number of rotatable bonds is 4. The average molecular weight is 247 g/mol. The van der Waals surface area contributed by atoms with Crippen molar-refractivity contribution in [3.05, 3.63) is 35.9 Å². The van der Waals surface area contributed by atoms with Gasteiger partial charge in [0.2, 0.25) is 5.91 Å². The Balaban J connectivity index is 2.08. The molecule has 4 nitrogen and oxygen atoms in total. The molecule has 1 aromatic carbocycles. The highest BCUT2D eigenvalue weighted by atomic mass is 16.2. The lowest BCUT2D eigenvalue weighted by Crippen LogP contribution is -2.55. The fraction of sp³-hybridized carbons (Fsp3) is 0.500. The third-order valence-electron chi connectivity index (χ3n) is 3.49. The lowest BCUT2D eigenvalue weighted by molar-refractivity contribution is -0.140. The minimum absolute atomic E-state index is 0.0612. The lowest BCUT2D eigenvalue weighted by Gasteiger charge is -2.39. The molecule has 1 aliphatic rings. The van der Waals surface area contributed by atoms with E-state index in [0.29, 0.717) is 6.54 Å². The molecule has 1 heterocycles. The molecule has 18 heavy (non-hydrogen) atoms. The van der Waals surface area contributed by atoms with Gasteiger partial charge in [-0.25, -0.2) is 0 Å². The number of amides is 1. The maximum absolute atomic E-state index is 12.1. The van der Waals surface area contributed by atoms with Gasteiger partial charge in [0, 0.05) is 26.7 Å². The number of hydrogen-bond acceptors (Lipinski definition) is 3. The zero-order valence-corrected chi connectivity index (χ0v) is 10.9. The van der Waals surface area contributed by atoms with Crippen LogP contribution >= 0.6 is 0 Å². The Hall–Kier alpha value is -1.39. The first-order valence-corrected chi connectivity index (χ1v) is 6.45. The summed E-state index contributed by atoms with van der Waals surface area (Å²) in [7, 11) is 1.87. The molecule has 0 bridgehead atoms. The molecule has 0 radical (unpaired) electrons. The van der Waals surface area contributed by atoms with Crippen LogP contribution in [0, 0.1) is 0 Å². The van der Waals surface area contributed by atoms with Crippen molar-refractivity contribution in [2.24, 2.45) is 5.73 Å². The van der Waals surface area contributed by atoms with Crippen molar-refractivity contribution in [1.82, 2.24) is 9.80 Å². The second-order valence-electron chi connectivity index (χ2n) is 4.81. The zero-order valence-electron chi connectivity index (χ0n) is 10.9. The summed E-state index contributed by atoms with van der Waals surface area (Å²) in [6.45, 7) is 3.09. The number of piperazine rings is 1. The summed E-state index contributed by atoms with van der Waals surface area (Å²) >= 11 is 0. The van der Waals surface area contributed by atoms with Crippen LogP contribution in [0.1, 0.15) is 12.0 Å². The molecule has 98 valence electrons. The predicted octanol–water partition coefficient (Wildman–Crippen LogP) is 0.678. The van der Waals surface area contributed by atoms with Gasteiger partial charge in [0.15, 0.2) is 0 Å². The standard InChI is InChI=1S/C14H21N3O/c1-16-9-10-17(13(7-8-15)14(16)18)11-12-5-3-2-4-6-12/h2-6,13H,7-11,15H2,1H3. The van der Waals surface area contributed by atoms with Crippen LogP contribution in [-0.4, -0.2) is 48.4 Å². The highest BCUT2D eigenvalue weighted by Gasteiger charge is 2.31. The molecule has 0 saturated carbocycles. The number of likely N-dealkylation sites (N-methyl/N-ethyl adjacent to an activating group) is 1. The minimum Gasteiger partial charge on any atom is -0.343 e. The first-order chi connectivity index (χ1) is 8.72. The second kappa shape index (κ2) is 5.98. The Morgan fingerprint density at radius 2 is 2.00 bits per heavy atom. The number of hydrogen-bond donors (Lipinski definition) is 1. The predicted molar refractivity (Wildman–Crippen MR) is 71.9 cm³/mol. The number of carbonyl (C=O) groups is 1. The Morgan fingerprint density at radius 1 is 1.28 bits per heavy atom. The Morgan fingerprint density at radius 3 is 2.67 bits per heavy atom. The van der Waals surface area contributed by atoms with Gasteiger partial charge in [-0.05, 0) is 18.5 Å². The van der Waals surface area contributed by atoms with Gasteiger partial charge in [0.25, 0.3) is 0 Å². The van der Waals surface area contributed by atoms with Crippen LogP contribution in [0.15, 0.2) is 30.3 Å². The summed E-state index contributed by atoms with van der Waals surface area (Å²) in [5.41, 5.74) is 6.87. The number of carbonyl (C=O) groups excluding carboxylic acids is 1. The van der Waals surface area contributed by atoms with Gasteiger partial charge in [0.1, 0.15) is 0 Å². The molecule has 1 aromatic rings. The van der Waals surface area contributed by atoms with Gasteiger partial charge < -0.3 is 10.6 Å². The Labute approximate surface area is 108 Å². The van der Waals surface area contributed by atoms with Gasteiger partial charge in [-0.1, -0.05) is 30.3 Å². The number of nitrogens with zero attached hydrogens (tertiary/aromatic N) is 2. The minimum atomic E-state index is -0.0612. The Bertz CT molecular complexity index is 393. The second-order valence-corrected chi connectivity index (χ2v) is 4.81. The van der Waals surface area contributed by atoms with Gasteiger partial charge in [-0.2, -0.15) is 0 Å². The summed E-state index contributed by atoms with van der Waals surface area (Å²) in [5.74, 6) is 0.197. The van der Waals surface area contributed by atoms with Gasteiger partial charge in [0.05, 0.1) is 6.04 Å². The number of benzene rings is 1. The first-order valence-electron chi connectivity index (χ1n) is 6.45. The van der Waals surface area contributed by atoms with E-state index in [2.05, 4.69) is 17.0 Å². The van der Waals surface area contributed by atoms with E-state index in [1.807, 2.05) is 30.1 Å². The maximum Gasteiger partial charge on any atom is 0.239 e. The molecule has 1 saturated heterocycles. The average Bonchev–Trinajstić information content (AvgIpc) is 2.39. The van der Waals surface area contributed by atoms with Crippen molar-refractivity contribution in [2.45, 2.75) is 19.0 Å².